The van der Waals surface area contributed by atoms with Gasteiger partial charge in [0.25, 0.3) is 5.91 Å². The molecule has 2 aromatic rings. The fourth-order valence-corrected chi connectivity index (χ4v) is 2.20. The quantitative estimate of drug-likeness (QED) is 0.567. The molecular formula is C19H24N4O4. The summed E-state index contributed by atoms with van der Waals surface area (Å²) >= 11 is 0. The van der Waals surface area contributed by atoms with Crippen molar-refractivity contribution in [2.45, 2.75) is 20.4 Å². The van der Waals surface area contributed by atoms with E-state index in [0.717, 1.165) is 0 Å². The number of nitrogens with one attached hydrogen (secondary N) is 4. The van der Waals surface area contributed by atoms with Crippen LogP contribution in [0.25, 0.3) is 0 Å². The minimum Gasteiger partial charge on any atom is -0.467 e. The van der Waals surface area contributed by atoms with Crippen LogP contribution in [0.3, 0.4) is 0 Å². The van der Waals surface area contributed by atoms with Gasteiger partial charge in [-0.3, -0.25) is 14.9 Å². The van der Waals surface area contributed by atoms with Crippen LogP contribution < -0.4 is 21.3 Å². The number of imide groups is 1. The molecule has 1 aromatic heterocycles. The Hall–Kier alpha value is -3.29. The van der Waals surface area contributed by atoms with Gasteiger partial charge in [-0.25, -0.2) is 4.79 Å². The van der Waals surface area contributed by atoms with Crippen molar-refractivity contribution in [1.82, 2.24) is 16.0 Å². The molecule has 0 spiro atoms. The van der Waals surface area contributed by atoms with Gasteiger partial charge in [-0.1, -0.05) is 26.0 Å². The first-order valence-corrected chi connectivity index (χ1v) is 8.67. The number of furan rings is 1. The first-order valence-electron chi connectivity index (χ1n) is 8.67. The zero-order chi connectivity index (χ0) is 19.6. The van der Waals surface area contributed by atoms with Gasteiger partial charge < -0.3 is 20.4 Å². The topological polar surface area (TPSA) is 112 Å². The van der Waals surface area contributed by atoms with Crippen LogP contribution in [0.1, 0.15) is 30.0 Å². The zero-order valence-electron chi connectivity index (χ0n) is 15.4. The highest BCUT2D eigenvalue weighted by molar-refractivity contribution is 6.01. The lowest BCUT2D eigenvalue weighted by Crippen LogP contribution is -2.43. The standard InChI is InChI=1S/C19H24N4O4/c1-13(2)10-22-19(26)23-17(24)12-20-16-8-4-3-7-15(16)18(25)21-11-14-6-5-9-27-14/h3-9,13,20H,10-12H2,1-2H3,(H,21,25)(H2,22,23,24,26). The predicted octanol–water partition coefficient (Wildman–Crippen LogP) is 2.10. The number of para-hydroxylation sites is 1. The number of hydrogen-bond acceptors (Lipinski definition) is 5. The number of urea groups is 1. The van der Waals surface area contributed by atoms with Crippen LogP contribution in [0.2, 0.25) is 0 Å². The molecule has 0 aliphatic heterocycles. The third-order valence-corrected chi connectivity index (χ3v) is 3.54. The number of carbonyl (C=O) groups is 3. The van der Waals surface area contributed by atoms with E-state index >= 15 is 0 Å². The molecule has 4 N–H and O–H groups in total. The molecule has 27 heavy (non-hydrogen) atoms. The summed E-state index contributed by atoms with van der Waals surface area (Å²) in [6, 6.07) is 9.78. The molecule has 0 saturated heterocycles. The van der Waals surface area contributed by atoms with E-state index in [4.69, 9.17) is 4.42 Å². The second kappa shape index (κ2) is 10.0. The summed E-state index contributed by atoms with van der Waals surface area (Å²) in [4.78, 5) is 35.9. The third-order valence-electron chi connectivity index (χ3n) is 3.54. The predicted molar refractivity (Wildman–Crippen MR) is 101 cm³/mol. The molecule has 0 aliphatic carbocycles. The molecular weight excluding hydrogens is 348 g/mol. The second-order valence-electron chi connectivity index (χ2n) is 6.31. The number of anilines is 1. The summed E-state index contributed by atoms with van der Waals surface area (Å²) in [6.45, 7) is 4.51. The number of hydrogen-bond donors (Lipinski definition) is 4. The van der Waals surface area contributed by atoms with Crippen LogP contribution in [0, 0.1) is 5.92 Å². The van der Waals surface area contributed by atoms with E-state index in [1.165, 1.54) is 6.26 Å². The fourth-order valence-electron chi connectivity index (χ4n) is 2.20. The molecule has 8 heteroatoms. The van der Waals surface area contributed by atoms with E-state index in [0.29, 0.717) is 23.6 Å². The number of rotatable bonds is 8. The van der Waals surface area contributed by atoms with Crippen molar-refractivity contribution in [2.75, 3.05) is 18.4 Å². The Morgan fingerprint density at radius 3 is 2.52 bits per heavy atom. The molecule has 1 aromatic carbocycles. The SMILES string of the molecule is CC(C)CNC(=O)NC(=O)CNc1ccccc1C(=O)NCc1ccco1. The van der Waals surface area contributed by atoms with Gasteiger partial charge in [-0.05, 0) is 30.2 Å². The van der Waals surface area contributed by atoms with E-state index < -0.39 is 11.9 Å². The van der Waals surface area contributed by atoms with Gasteiger partial charge in [-0.15, -0.1) is 0 Å². The van der Waals surface area contributed by atoms with Gasteiger partial charge in [0, 0.05) is 12.2 Å². The molecule has 144 valence electrons. The van der Waals surface area contributed by atoms with E-state index in [9.17, 15) is 14.4 Å². The van der Waals surface area contributed by atoms with Crippen molar-refractivity contribution in [3.05, 3.63) is 54.0 Å². The largest absolute Gasteiger partial charge is 0.467 e. The first kappa shape index (κ1) is 20.0. The van der Waals surface area contributed by atoms with Gasteiger partial charge in [0.05, 0.1) is 24.9 Å². The molecule has 0 fully saturated rings. The van der Waals surface area contributed by atoms with Crippen LogP contribution in [0.15, 0.2) is 47.1 Å². The summed E-state index contributed by atoms with van der Waals surface area (Å²) in [6.07, 6.45) is 1.53. The first-order chi connectivity index (χ1) is 13.0. The summed E-state index contributed by atoms with van der Waals surface area (Å²) in [7, 11) is 0. The molecule has 0 bridgehead atoms. The van der Waals surface area contributed by atoms with Gasteiger partial charge in [0.15, 0.2) is 0 Å². The van der Waals surface area contributed by atoms with Gasteiger partial charge >= 0.3 is 6.03 Å². The molecule has 0 aliphatic rings. The molecule has 8 nitrogen and oxygen atoms in total. The van der Waals surface area contributed by atoms with Crippen LogP contribution in [-0.2, 0) is 11.3 Å². The Kier molecular flexibility index (Phi) is 7.42. The normalized spacial score (nSPS) is 10.3. The molecule has 1 heterocycles. The van der Waals surface area contributed by atoms with Crippen molar-refractivity contribution >= 4 is 23.5 Å². The average Bonchev–Trinajstić information content (AvgIpc) is 3.16. The summed E-state index contributed by atoms with van der Waals surface area (Å²) in [5, 5.41) is 10.5. The third kappa shape index (κ3) is 6.85. The Labute approximate surface area is 157 Å². The smallest absolute Gasteiger partial charge is 0.321 e. The van der Waals surface area contributed by atoms with Crippen molar-refractivity contribution < 1.29 is 18.8 Å². The summed E-state index contributed by atoms with van der Waals surface area (Å²) in [5.74, 6) is 0.128. The maximum atomic E-state index is 12.4. The number of benzene rings is 1. The molecule has 4 amide bonds. The van der Waals surface area contributed by atoms with Gasteiger partial charge in [0.2, 0.25) is 5.91 Å². The van der Waals surface area contributed by atoms with E-state index in [-0.39, 0.29) is 24.9 Å². The minimum atomic E-state index is -0.542. The summed E-state index contributed by atoms with van der Waals surface area (Å²) < 4.78 is 5.18. The number of carbonyl (C=O) groups excluding carboxylic acids is 3. The minimum absolute atomic E-state index is 0.141. The monoisotopic (exact) mass is 372 g/mol. The van der Waals surface area contributed by atoms with Crippen LogP contribution in [-0.4, -0.2) is 30.9 Å². The lowest BCUT2D eigenvalue weighted by molar-refractivity contribution is -0.118. The molecule has 0 saturated carbocycles. The Morgan fingerprint density at radius 1 is 1.04 bits per heavy atom. The lowest BCUT2D eigenvalue weighted by Gasteiger charge is -2.12. The van der Waals surface area contributed by atoms with Crippen molar-refractivity contribution in [3.8, 4) is 0 Å². The summed E-state index contributed by atoms with van der Waals surface area (Å²) in [5.41, 5.74) is 0.883. The Bertz CT molecular complexity index is 772. The van der Waals surface area contributed by atoms with Crippen molar-refractivity contribution in [3.63, 3.8) is 0 Å². The maximum absolute atomic E-state index is 12.4. The lowest BCUT2D eigenvalue weighted by atomic mass is 10.1. The average molecular weight is 372 g/mol. The highest BCUT2D eigenvalue weighted by Crippen LogP contribution is 2.15. The van der Waals surface area contributed by atoms with E-state index in [1.807, 2.05) is 13.8 Å². The Balaban J connectivity index is 1.86. The van der Waals surface area contributed by atoms with Crippen molar-refractivity contribution in [1.29, 1.82) is 0 Å². The second-order valence-corrected chi connectivity index (χ2v) is 6.31. The van der Waals surface area contributed by atoms with E-state index in [1.54, 1.807) is 36.4 Å². The van der Waals surface area contributed by atoms with Gasteiger partial charge in [-0.2, -0.15) is 0 Å². The highest BCUT2D eigenvalue weighted by Gasteiger charge is 2.13. The van der Waals surface area contributed by atoms with Crippen LogP contribution >= 0.6 is 0 Å². The maximum Gasteiger partial charge on any atom is 0.321 e. The van der Waals surface area contributed by atoms with Crippen LogP contribution in [0.5, 0.6) is 0 Å². The molecule has 0 radical (unpaired) electrons. The van der Waals surface area contributed by atoms with Crippen LogP contribution in [0.4, 0.5) is 10.5 Å². The van der Waals surface area contributed by atoms with Gasteiger partial charge in [0.1, 0.15) is 5.76 Å². The zero-order valence-corrected chi connectivity index (χ0v) is 15.4. The van der Waals surface area contributed by atoms with E-state index in [2.05, 4.69) is 21.3 Å². The highest BCUT2D eigenvalue weighted by atomic mass is 16.3. The fraction of sp³-hybridized carbons (Fsp3) is 0.316. The number of amides is 4. The molecule has 0 atom stereocenters. The van der Waals surface area contributed by atoms with Crippen molar-refractivity contribution in [2.24, 2.45) is 5.92 Å². The molecule has 0 unspecified atom stereocenters. The molecule has 2 rings (SSSR count). The Morgan fingerprint density at radius 2 is 1.81 bits per heavy atom.